The lowest BCUT2D eigenvalue weighted by molar-refractivity contribution is -0.147. The molecule has 4 nitrogen and oxygen atoms in total. The Morgan fingerprint density at radius 3 is 1.57 bits per heavy atom. The monoisotopic (exact) mass is 420 g/mol. The summed E-state index contributed by atoms with van der Waals surface area (Å²) in [6, 6.07) is 0.517. The van der Waals surface area contributed by atoms with Crippen LogP contribution in [0.4, 0.5) is 0 Å². The first kappa shape index (κ1) is 25.2. The van der Waals surface area contributed by atoms with Crippen molar-refractivity contribution >= 4 is 11.8 Å². The van der Waals surface area contributed by atoms with E-state index >= 15 is 0 Å². The highest BCUT2D eigenvalue weighted by atomic mass is 16.2. The minimum absolute atomic E-state index is 0.149. The fourth-order valence-electron chi connectivity index (χ4n) is 6.28. The molecule has 4 atom stereocenters. The summed E-state index contributed by atoms with van der Waals surface area (Å²) < 4.78 is 0. The molecular weight excluding hydrogens is 372 g/mol. The summed E-state index contributed by atoms with van der Waals surface area (Å²) in [7, 11) is 0. The molecule has 0 spiro atoms. The molecule has 2 amide bonds. The van der Waals surface area contributed by atoms with Gasteiger partial charge in [-0.05, 0) is 73.0 Å². The van der Waals surface area contributed by atoms with E-state index in [-0.39, 0.29) is 47.6 Å². The number of hydrogen-bond donors (Lipinski definition) is 1. The maximum absolute atomic E-state index is 13.7. The molecule has 2 saturated carbocycles. The molecule has 2 fully saturated rings. The Morgan fingerprint density at radius 1 is 0.833 bits per heavy atom. The van der Waals surface area contributed by atoms with Crippen LogP contribution in [0.5, 0.6) is 0 Å². The van der Waals surface area contributed by atoms with Crippen LogP contribution in [-0.2, 0) is 9.59 Å². The van der Waals surface area contributed by atoms with Crippen molar-refractivity contribution < 1.29 is 9.59 Å². The number of primary amides is 1. The Bertz CT molecular complexity index is 570. The smallest absolute Gasteiger partial charge is 0.223 e. The number of carbonyl (C=O) groups is 2. The van der Waals surface area contributed by atoms with Crippen LogP contribution in [0, 0.1) is 34.5 Å². The van der Waals surface area contributed by atoms with Crippen LogP contribution >= 0.6 is 0 Å². The summed E-state index contributed by atoms with van der Waals surface area (Å²) in [6.07, 6.45) is 7.31. The van der Waals surface area contributed by atoms with Crippen LogP contribution in [0.1, 0.15) is 107 Å². The van der Waals surface area contributed by atoms with Crippen LogP contribution in [0.2, 0.25) is 0 Å². The molecule has 2 aliphatic carbocycles. The molecule has 2 N–H and O–H groups in total. The normalized spacial score (nSPS) is 31.0. The standard InChI is InChI=1S/C26H48N2O2/c1-17(2)19-11-13-25(5,6)15-21(19)28(24(30)10-9-23(27)29)22-16-26(7,8)14-12-20(22)18(3)4/h17-22H,9-16H2,1-8H3,(H2,27,29). The Balaban J connectivity index is 2.48. The number of hydrogen-bond acceptors (Lipinski definition) is 2. The predicted octanol–water partition coefficient (Wildman–Crippen LogP) is 5.78. The van der Waals surface area contributed by atoms with Gasteiger partial charge in [-0.25, -0.2) is 0 Å². The first-order chi connectivity index (χ1) is 13.7. The summed E-state index contributed by atoms with van der Waals surface area (Å²) in [5.74, 6) is 1.91. The molecule has 0 heterocycles. The molecule has 4 unspecified atom stereocenters. The molecule has 2 rings (SSSR count). The van der Waals surface area contributed by atoms with Crippen molar-refractivity contribution in [3.8, 4) is 0 Å². The zero-order chi connectivity index (χ0) is 22.9. The van der Waals surface area contributed by atoms with Gasteiger partial charge in [-0.2, -0.15) is 0 Å². The highest BCUT2D eigenvalue weighted by Gasteiger charge is 2.47. The summed E-state index contributed by atoms with van der Waals surface area (Å²) in [5, 5.41) is 0. The van der Waals surface area contributed by atoms with Gasteiger partial charge < -0.3 is 10.6 Å². The maximum Gasteiger partial charge on any atom is 0.223 e. The Labute approximate surface area is 185 Å². The van der Waals surface area contributed by atoms with Crippen molar-refractivity contribution in [1.29, 1.82) is 0 Å². The highest BCUT2D eigenvalue weighted by Crippen LogP contribution is 2.48. The van der Waals surface area contributed by atoms with Gasteiger partial charge in [-0.3, -0.25) is 9.59 Å². The molecule has 0 aromatic rings. The number of nitrogens with zero attached hydrogens (tertiary/aromatic N) is 1. The Kier molecular flexibility index (Phi) is 8.07. The highest BCUT2D eigenvalue weighted by molar-refractivity contribution is 5.83. The molecule has 0 aromatic heterocycles. The van der Waals surface area contributed by atoms with Crippen molar-refractivity contribution in [2.24, 2.45) is 40.2 Å². The summed E-state index contributed by atoms with van der Waals surface area (Å²) in [5.41, 5.74) is 5.92. The van der Waals surface area contributed by atoms with Gasteiger partial charge in [-0.15, -0.1) is 0 Å². The molecule has 0 bridgehead atoms. The fraction of sp³-hybridized carbons (Fsp3) is 0.923. The van der Waals surface area contributed by atoms with Gasteiger partial charge in [0.1, 0.15) is 0 Å². The quantitative estimate of drug-likeness (QED) is 0.567. The first-order valence-electron chi connectivity index (χ1n) is 12.3. The molecule has 4 heteroatoms. The lowest BCUT2D eigenvalue weighted by Crippen LogP contribution is -2.59. The van der Waals surface area contributed by atoms with Crippen molar-refractivity contribution in [1.82, 2.24) is 4.90 Å². The number of nitrogens with two attached hydrogens (primary N) is 1. The maximum atomic E-state index is 13.7. The van der Waals surface area contributed by atoms with Crippen LogP contribution in [0.15, 0.2) is 0 Å². The first-order valence-corrected chi connectivity index (χ1v) is 12.3. The molecule has 174 valence electrons. The minimum Gasteiger partial charge on any atom is -0.370 e. The molecule has 30 heavy (non-hydrogen) atoms. The topological polar surface area (TPSA) is 63.4 Å². The lowest BCUT2D eigenvalue weighted by atomic mass is 9.63. The van der Waals surface area contributed by atoms with Gasteiger partial charge in [0.25, 0.3) is 0 Å². The van der Waals surface area contributed by atoms with E-state index < -0.39 is 0 Å². The van der Waals surface area contributed by atoms with Crippen molar-refractivity contribution in [3.05, 3.63) is 0 Å². The minimum atomic E-state index is -0.378. The lowest BCUT2D eigenvalue weighted by Gasteiger charge is -2.54. The van der Waals surface area contributed by atoms with E-state index in [1.54, 1.807) is 0 Å². The molecule has 0 radical (unpaired) electrons. The third kappa shape index (κ3) is 6.23. The number of rotatable bonds is 7. The van der Waals surface area contributed by atoms with Crippen LogP contribution in [0.25, 0.3) is 0 Å². The zero-order valence-corrected chi connectivity index (χ0v) is 21.0. The average Bonchev–Trinajstić information content (AvgIpc) is 2.58. The molecule has 0 aliphatic heterocycles. The molecule has 2 aliphatic rings. The second-order valence-corrected chi connectivity index (χ2v) is 12.5. The average molecular weight is 421 g/mol. The van der Waals surface area contributed by atoms with E-state index in [4.69, 9.17) is 5.73 Å². The summed E-state index contributed by atoms with van der Waals surface area (Å²) >= 11 is 0. The largest absolute Gasteiger partial charge is 0.370 e. The van der Waals surface area contributed by atoms with E-state index in [0.717, 1.165) is 12.8 Å². The SMILES string of the molecule is CC(C)C1CCC(C)(C)CC1N(C(=O)CCC(N)=O)C1CC(C)(C)CCC1C(C)C. The van der Waals surface area contributed by atoms with E-state index in [9.17, 15) is 9.59 Å². The Hall–Kier alpha value is -1.06. The van der Waals surface area contributed by atoms with E-state index in [1.807, 2.05) is 0 Å². The van der Waals surface area contributed by atoms with Gasteiger partial charge in [-0.1, -0.05) is 55.4 Å². The Morgan fingerprint density at radius 2 is 1.23 bits per heavy atom. The van der Waals surface area contributed by atoms with Crippen LogP contribution < -0.4 is 5.73 Å². The predicted molar refractivity (Wildman–Crippen MR) is 125 cm³/mol. The van der Waals surface area contributed by atoms with Crippen LogP contribution in [-0.4, -0.2) is 28.8 Å². The fourth-order valence-corrected chi connectivity index (χ4v) is 6.28. The van der Waals surface area contributed by atoms with Crippen molar-refractivity contribution in [2.75, 3.05) is 0 Å². The molecule has 0 saturated heterocycles. The third-order valence-electron chi connectivity index (χ3n) is 8.12. The molecular formula is C26H48N2O2. The van der Waals surface area contributed by atoms with Crippen molar-refractivity contribution in [2.45, 2.75) is 119 Å². The van der Waals surface area contributed by atoms with Crippen LogP contribution in [0.3, 0.4) is 0 Å². The van der Waals surface area contributed by atoms with Gasteiger partial charge >= 0.3 is 0 Å². The number of amides is 2. The summed E-state index contributed by atoms with van der Waals surface area (Å²) in [6.45, 7) is 18.7. The molecule has 0 aromatic carbocycles. The van der Waals surface area contributed by atoms with Gasteiger partial charge in [0.2, 0.25) is 11.8 Å². The van der Waals surface area contributed by atoms with E-state index in [1.165, 1.54) is 25.7 Å². The second kappa shape index (κ2) is 9.61. The van der Waals surface area contributed by atoms with Gasteiger partial charge in [0.15, 0.2) is 0 Å². The zero-order valence-electron chi connectivity index (χ0n) is 21.0. The van der Waals surface area contributed by atoms with E-state index in [0.29, 0.717) is 23.7 Å². The van der Waals surface area contributed by atoms with Gasteiger partial charge in [0.05, 0.1) is 0 Å². The van der Waals surface area contributed by atoms with E-state index in [2.05, 4.69) is 60.3 Å². The summed E-state index contributed by atoms with van der Waals surface area (Å²) in [4.78, 5) is 27.5. The third-order valence-corrected chi connectivity index (χ3v) is 8.12. The second-order valence-electron chi connectivity index (χ2n) is 12.5. The van der Waals surface area contributed by atoms with Crippen molar-refractivity contribution in [3.63, 3.8) is 0 Å². The van der Waals surface area contributed by atoms with Gasteiger partial charge in [0, 0.05) is 24.9 Å². The number of carbonyl (C=O) groups excluding carboxylic acids is 2.